The first-order valence-corrected chi connectivity index (χ1v) is 7.54. The zero-order valence-corrected chi connectivity index (χ0v) is 12.1. The summed E-state index contributed by atoms with van der Waals surface area (Å²) in [6, 6.07) is 15.8. The van der Waals surface area contributed by atoms with Crippen molar-refractivity contribution in [1.29, 1.82) is 0 Å². The van der Waals surface area contributed by atoms with E-state index in [9.17, 15) is 5.11 Å². The maximum Gasteiger partial charge on any atom is 0.119 e. The van der Waals surface area contributed by atoms with Gasteiger partial charge in [0.1, 0.15) is 11.9 Å². The smallest absolute Gasteiger partial charge is 0.119 e. The monoisotopic (exact) mass is 284 g/mol. The van der Waals surface area contributed by atoms with Crippen LogP contribution in [0.4, 0.5) is 0 Å². The van der Waals surface area contributed by atoms with Gasteiger partial charge >= 0.3 is 0 Å². The van der Waals surface area contributed by atoms with E-state index in [1.165, 1.54) is 5.39 Å². The predicted molar refractivity (Wildman–Crippen MR) is 83.5 cm³/mol. The van der Waals surface area contributed by atoms with Gasteiger partial charge in [0.25, 0.3) is 0 Å². The average molecular weight is 284 g/mol. The van der Waals surface area contributed by atoms with Crippen molar-refractivity contribution in [2.24, 2.45) is 0 Å². The van der Waals surface area contributed by atoms with E-state index in [1.54, 1.807) is 11.3 Å². The fourth-order valence-corrected chi connectivity index (χ4v) is 3.29. The number of fused-ring (bicyclic) bond motifs is 1. The SMILES string of the molecule is CCOc1cccc(C(O)c2cccc3ccsc23)c1. The summed E-state index contributed by atoms with van der Waals surface area (Å²) >= 11 is 1.66. The van der Waals surface area contributed by atoms with Crippen LogP contribution in [-0.4, -0.2) is 11.7 Å². The lowest BCUT2D eigenvalue weighted by molar-refractivity contribution is 0.221. The van der Waals surface area contributed by atoms with Crippen LogP contribution in [0.2, 0.25) is 0 Å². The molecule has 1 N–H and O–H groups in total. The lowest BCUT2D eigenvalue weighted by Gasteiger charge is -2.14. The molecule has 20 heavy (non-hydrogen) atoms. The minimum atomic E-state index is -0.627. The molecule has 102 valence electrons. The van der Waals surface area contributed by atoms with E-state index >= 15 is 0 Å². The molecule has 0 aliphatic rings. The molecule has 1 aromatic heterocycles. The van der Waals surface area contributed by atoms with Gasteiger partial charge in [0, 0.05) is 10.3 Å². The Labute approximate surface area is 122 Å². The molecular formula is C17H16O2S. The maximum atomic E-state index is 10.7. The number of hydrogen-bond donors (Lipinski definition) is 1. The van der Waals surface area contributed by atoms with Crippen molar-refractivity contribution >= 4 is 21.4 Å². The molecule has 0 amide bonds. The first-order valence-electron chi connectivity index (χ1n) is 6.66. The van der Waals surface area contributed by atoms with E-state index in [4.69, 9.17) is 4.74 Å². The molecule has 1 unspecified atom stereocenters. The Morgan fingerprint density at radius 3 is 2.85 bits per heavy atom. The zero-order chi connectivity index (χ0) is 13.9. The number of aliphatic hydroxyl groups excluding tert-OH is 1. The van der Waals surface area contributed by atoms with Crippen molar-refractivity contribution in [3.8, 4) is 5.75 Å². The summed E-state index contributed by atoms with van der Waals surface area (Å²) in [6.45, 7) is 2.58. The standard InChI is InChI=1S/C17H16O2S/c1-2-19-14-7-3-6-13(11-14)16(18)15-8-4-5-12-9-10-20-17(12)15/h3-11,16,18H,2H2,1H3. The number of aliphatic hydroxyl groups is 1. The van der Waals surface area contributed by atoms with E-state index in [-0.39, 0.29) is 0 Å². The second-order valence-corrected chi connectivity index (χ2v) is 5.51. The Morgan fingerprint density at radius 1 is 1.15 bits per heavy atom. The highest BCUT2D eigenvalue weighted by molar-refractivity contribution is 7.17. The van der Waals surface area contributed by atoms with Crippen LogP contribution in [-0.2, 0) is 0 Å². The molecule has 0 fully saturated rings. The van der Waals surface area contributed by atoms with Crippen LogP contribution in [0.15, 0.2) is 53.9 Å². The molecule has 1 atom stereocenters. The van der Waals surface area contributed by atoms with Gasteiger partial charge in [-0.3, -0.25) is 0 Å². The van der Waals surface area contributed by atoms with Gasteiger partial charge in [-0.25, -0.2) is 0 Å². The highest BCUT2D eigenvalue weighted by Crippen LogP contribution is 2.33. The molecule has 0 spiro atoms. The average Bonchev–Trinajstić information content (AvgIpc) is 2.95. The summed E-state index contributed by atoms with van der Waals surface area (Å²) in [5.41, 5.74) is 1.81. The topological polar surface area (TPSA) is 29.5 Å². The minimum Gasteiger partial charge on any atom is -0.494 e. The van der Waals surface area contributed by atoms with Crippen LogP contribution in [0.5, 0.6) is 5.75 Å². The third kappa shape index (κ3) is 2.42. The molecule has 0 saturated carbocycles. The normalized spacial score (nSPS) is 12.5. The van der Waals surface area contributed by atoms with E-state index in [0.29, 0.717) is 6.61 Å². The van der Waals surface area contributed by atoms with E-state index in [2.05, 4.69) is 17.5 Å². The Kier molecular flexibility index (Phi) is 3.72. The number of benzene rings is 2. The molecule has 2 aromatic carbocycles. The highest BCUT2D eigenvalue weighted by atomic mass is 32.1. The fraction of sp³-hybridized carbons (Fsp3) is 0.176. The van der Waals surface area contributed by atoms with Gasteiger partial charge in [0.15, 0.2) is 0 Å². The Bertz CT molecular complexity index is 718. The molecular weight excluding hydrogens is 268 g/mol. The van der Waals surface area contributed by atoms with Crippen molar-refractivity contribution in [1.82, 2.24) is 0 Å². The first-order chi connectivity index (χ1) is 9.79. The van der Waals surface area contributed by atoms with Crippen LogP contribution in [0.25, 0.3) is 10.1 Å². The van der Waals surface area contributed by atoms with Gasteiger partial charge < -0.3 is 9.84 Å². The van der Waals surface area contributed by atoms with Gasteiger partial charge in [-0.15, -0.1) is 11.3 Å². The lowest BCUT2D eigenvalue weighted by Crippen LogP contribution is -2.00. The number of rotatable bonds is 4. The van der Waals surface area contributed by atoms with Gasteiger partial charge in [0.2, 0.25) is 0 Å². The number of ether oxygens (including phenoxy) is 1. The summed E-state index contributed by atoms with van der Waals surface area (Å²) in [5, 5.41) is 13.9. The Hall–Kier alpha value is -1.84. The predicted octanol–water partition coefficient (Wildman–Crippen LogP) is 4.38. The second kappa shape index (κ2) is 5.65. The van der Waals surface area contributed by atoms with E-state index in [1.807, 2.05) is 43.3 Å². The van der Waals surface area contributed by atoms with Crippen molar-refractivity contribution < 1.29 is 9.84 Å². The summed E-state index contributed by atoms with van der Waals surface area (Å²) in [4.78, 5) is 0. The van der Waals surface area contributed by atoms with Crippen molar-refractivity contribution in [2.45, 2.75) is 13.0 Å². The van der Waals surface area contributed by atoms with Gasteiger partial charge in [-0.05, 0) is 41.5 Å². The van der Waals surface area contributed by atoms with Crippen LogP contribution in [0.1, 0.15) is 24.2 Å². The number of hydrogen-bond acceptors (Lipinski definition) is 3. The summed E-state index contributed by atoms with van der Waals surface area (Å²) in [6.07, 6.45) is -0.627. The molecule has 0 aliphatic carbocycles. The molecule has 0 aliphatic heterocycles. The van der Waals surface area contributed by atoms with Crippen molar-refractivity contribution in [2.75, 3.05) is 6.61 Å². The summed E-state index contributed by atoms with van der Waals surface area (Å²) < 4.78 is 6.64. The van der Waals surface area contributed by atoms with Gasteiger partial charge in [-0.1, -0.05) is 30.3 Å². The van der Waals surface area contributed by atoms with Crippen molar-refractivity contribution in [3.63, 3.8) is 0 Å². The van der Waals surface area contributed by atoms with Crippen molar-refractivity contribution in [3.05, 3.63) is 65.0 Å². The molecule has 3 rings (SSSR count). The van der Waals surface area contributed by atoms with Crippen LogP contribution < -0.4 is 4.74 Å². The van der Waals surface area contributed by atoms with Crippen LogP contribution in [0, 0.1) is 0 Å². The fourth-order valence-electron chi connectivity index (χ4n) is 2.35. The minimum absolute atomic E-state index is 0.625. The largest absolute Gasteiger partial charge is 0.494 e. The number of thiophene rings is 1. The Morgan fingerprint density at radius 2 is 2.00 bits per heavy atom. The Balaban J connectivity index is 2.01. The molecule has 1 heterocycles. The summed E-state index contributed by atoms with van der Waals surface area (Å²) in [5.74, 6) is 0.794. The quantitative estimate of drug-likeness (QED) is 0.770. The van der Waals surface area contributed by atoms with E-state index < -0.39 is 6.10 Å². The third-order valence-corrected chi connectivity index (χ3v) is 4.27. The molecule has 3 heteroatoms. The van der Waals surface area contributed by atoms with Gasteiger partial charge in [0.05, 0.1) is 6.61 Å². The molecule has 3 aromatic rings. The van der Waals surface area contributed by atoms with Crippen LogP contribution in [0.3, 0.4) is 0 Å². The third-order valence-electron chi connectivity index (χ3n) is 3.29. The molecule has 2 nitrogen and oxygen atoms in total. The second-order valence-electron chi connectivity index (χ2n) is 4.59. The summed E-state index contributed by atoms with van der Waals surface area (Å²) in [7, 11) is 0. The highest BCUT2D eigenvalue weighted by Gasteiger charge is 2.14. The molecule has 0 saturated heterocycles. The maximum absolute atomic E-state index is 10.7. The molecule has 0 radical (unpaired) electrons. The zero-order valence-electron chi connectivity index (χ0n) is 11.2. The molecule has 0 bridgehead atoms. The van der Waals surface area contributed by atoms with Gasteiger partial charge in [-0.2, -0.15) is 0 Å². The van der Waals surface area contributed by atoms with E-state index in [0.717, 1.165) is 21.6 Å². The first kappa shape index (κ1) is 13.2. The lowest BCUT2D eigenvalue weighted by atomic mass is 10.0. The van der Waals surface area contributed by atoms with Crippen LogP contribution >= 0.6 is 11.3 Å².